The van der Waals surface area contributed by atoms with Crippen LogP contribution < -0.4 is 0 Å². The minimum Gasteiger partial charge on any atom is -0.278 e. The lowest BCUT2D eigenvalue weighted by atomic mass is 9.82. The zero-order chi connectivity index (χ0) is 39.0. The fourth-order valence-corrected chi connectivity index (χ4v) is 9.73. The lowest BCUT2D eigenvalue weighted by Gasteiger charge is -2.21. The Morgan fingerprint density at radius 1 is 0.483 bits per heavy atom. The SMILES string of the molecule is Cc1cccnc1-c1cccc(-c2ccc(-c3ccc4c(c3)c3cc5c(cc3n4-c3nc(-c4ccccc4)nc(-c4ccccc4)n3)C(C)(C)c3ccccc3-5)s2)c1. The lowest BCUT2D eigenvalue weighted by molar-refractivity contribution is 0.661. The monoisotopic (exact) mass is 763 g/mol. The normalized spacial score (nSPS) is 12.9. The van der Waals surface area contributed by atoms with Gasteiger partial charge in [0.2, 0.25) is 5.95 Å². The van der Waals surface area contributed by atoms with Gasteiger partial charge in [-0.2, -0.15) is 9.97 Å². The highest BCUT2D eigenvalue weighted by molar-refractivity contribution is 7.18. The van der Waals surface area contributed by atoms with Crippen LogP contribution >= 0.6 is 11.3 Å². The molecule has 0 aliphatic heterocycles. The van der Waals surface area contributed by atoms with Crippen LogP contribution in [0.2, 0.25) is 0 Å². The summed E-state index contributed by atoms with van der Waals surface area (Å²) in [7, 11) is 0. The van der Waals surface area contributed by atoms with Gasteiger partial charge in [0.15, 0.2) is 11.6 Å². The van der Waals surface area contributed by atoms with E-state index in [2.05, 4.69) is 152 Å². The fourth-order valence-electron chi connectivity index (χ4n) is 8.74. The minimum absolute atomic E-state index is 0.171. The van der Waals surface area contributed by atoms with E-state index in [0.29, 0.717) is 17.6 Å². The molecule has 4 heterocycles. The number of fused-ring (bicyclic) bond motifs is 6. The number of aromatic nitrogens is 5. The van der Waals surface area contributed by atoms with E-state index in [-0.39, 0.29) is 5.41 Å². The average Bonchev–Trinajstić information content (AvgIpc) is 3.95. The molecule has 6 aromatic carbocycles. The molecular formula is C52H37N5S. The Balaban J connectivity index is 1.12. The molecule has 1 aliphatic carbocycles. The molecule has 0 unspecified atom stereocenters. The first-order chi connectivity index (χ1) is 28.4. The predicted octanol–water partition coefficient (Wildman–Crippen LogP) is 13.4. The van der Waals surface area contributed by atoms with E-state index in [1.165, 1.54) is 54.1 Å². The quantitative estimate of drug-likeness (QED) is 0.169. The van der Waals surface area contributed by atoms with Crippen LogP contribution in [-0.2, 0) is 5.41 Å². The first kappa shape index (κ1) is 34.2. The molecule has 276 valence electrons. The molecule has 0 atom stereocenters. The molecule has 6 heteroatoms. The number of rotatable bonds is 6. The van der Waals surface area contributed by atoms with Gasteiger partial charge in [-0.25, -0.2) is 4.98 Å². The Bertz CT molecular complexity index is 3160. The van der Waals surface area contributed by atoms with Crippen molar-refractivity contribution >= 4 is 33.1 Å². The molecule has 10 aromatic rings. The van der Waals surface area contributed by atoms with Crippen molar-refractivity contribution in [3.63, 3.8) is 0 Å². The summed E-state index contributed by atoms with van der Waals surface area (Å²) >= 11 is 1.81. The minimum atomic E-state index is -0.171. The summed E-state index contributed by atoms with van der Waals surface area (Å²) in [4.78, 5) is 22.6. The molecule has 0 spiro atoms. The van der Waals surface area contributed by atoms with Crippen LogP contribution in [0.4, 0.5) is 0 Å². The van der Waals surface area contributed by atoms with Gasteiger partial charge < -0.3 is 0 Å². The summed E-state index contributed by atoms with van der Waals surface area (Å²) < 4.78 is 2.25. The van der Waals surface area contributed by atoms with Gasteiger partial charge in [-0.05, 0) is 94.4 Å². The second-order valence-electron chi connectivity index (χ2n) is 15.6. The van der Waals surface area contributed by atoms with E-state index >= 15 is 0 Å². The molecule has 0 radical (unpaired) electrons. The summed E-state index contributed by atoms with van der Waals surface area (Å²) in [5.41, 5.74) is 14.7. The van der Waals surface area contributed by atoms with Crippen molar-refractivity contribution in [3.05, 3.63) is 187 Å². The van der Waals surface area contributed by atoms with Crippen LogP contribution in [-0.4, -0.2) is 24.5 Å². The molecule has 0 N–H and O–H groups in total. The van der Waals surface area contributed by atoms with Gasteiger partial charge in [0.05, 0.1) is 16.7 Å². The third kappa shape index (κ3) is 5.52. The zero-order valence-electron chi connectivity index (χ0n) is 32.3. The number of benzene rings is 6. The molecule has 11 rings (SSSR count). The van der Waals surface area contributed by atoms with Gasteiger partial charge in [0.25, 0.3) is 0 Å². The first-order valence-corrected chi connectivity index (χ1v) is 20.4. The van der Waals surface area contributed by atoms with Crippen molar-refractivity contribution in [1.82, 2.24) is 24.5 Å². The maximum Gasteiger partial charge on any atom is 0.238 e. The molecule has 0 bridgehead atoms. The molecule has 5 nitrogen and oxygen atoms in total. The Morgan fingerprint density at radius 3 is 1.84 bits per heavy atom. The van der Waals surface area contributed by atoms with E-state index in [4.69, 9.17) is 15.0 Å². The highest BCUT2D eigenvalue weighted by Crippen LogP contribution is 2.51. The summed E-state index contributed by atoms with van der Waals surface area (Å²) in [6.07, 6.45) is 1.87. The average molecular weight is 764 g/mol. The molecule has 4 aromatic heterocycles. The van der Waals surface area contributed by atoms with E-state index in [9.17, 15) is 0 Å². The lowest BCUT2D eigenvalue weighted by Crippen LogP contribution is -2.15. The maximum atomic E-state index is 5.23. The smallest absolute Gasteiger partial charge is 0.238 e. The van der Waals surface area contributed by atoms with Gasteiger partial charge in [0.1, 0.15) is 0 Å². The van der Waals surface area contributed by atoms with Crippen molar-refractivity contribution in [3.8, 4) is 72.0 Å². The molecule has 58 heavy (non-hydrogen) atoms. The Hall–Kier alpha value is -7.02. The van der Waals surface area contributed by atoms with Crippen LogP contribution in [0.1, 0.15) is 30.5 Å². The van der Waals surface area contributed by atoms with Gasteiger partial charge in [0, 0.05) is 48.8 Å². The van der Waals surface area contributed by atoms with E-state index < -0.39 is 0 Å². The van der Waals surface area contributed by atoms with Gasteiger partial charge in [-0.3, -0.25) is 9.55 Å². The first-order valence-electron chi connectivity index (χ1n) is 19.6. The topological polar surface area (TPSA) is 56.5 Å². The molecule has 0 fully saturated rings. The third-order valence-corrected chi connectivity index (χ3v) is 12.9. The zero-order valence-corrected chi connectivity index (χ0v) is 33.1. The number of hydrogen-bond acceptors (Lipinski definition) is 5. The number of hydrogen-bond donors (Lipinski definition) is 0. The summed E-state index contributed by atoms with van der Waals surface area (Å²) in [6, 6.07) is 58.2. The highest BCUT2D eigenvalue weighted by Gasteiger charge is 2.36. The molecule has 0 saturated carbocycles. The van der Waals surface area contributed by atoms with E-state index in [1.54, 1.807) is 0 Å². The summed E-state index contributed by atoms with van der Waals surface area (Å²) in [6.45, 7) is 6.78. The van der Waals surface area contributed by atoms with Gasteiger partial charge in [-0.15, -0.1) is 11.3 Å². The van der Waals surface area contributed by atoms with E-state index in [0.717, 1.165) is 38.8 Å². The maximum absolute atomic E-state index is 5.23. The van der Waals surface area contributed by atoms with Crippen molar-refractivity contribution in [1.29, 1.82) is 0 Å². The van der Waals surface area contributed by atoms with Crippen molar-refractivity contribution in [2.24, 2.45) is 0 Å². The fraction of sp³-hybridized carbons (Fsp3) is 0.0769. The molecule has 0 amide bonds. The Kier molecular flexibility index (Phi) is 7.85. The van der Waals surface area contributed by atoms with Crippen LogP contribution in [0.15, 0.2) is 170 Å². The van der Waals surface area contributed by atoms with Crippen molar-refractivity contribution < 1.29 is 0 Å². The predicted molar refractivity (Wildman–Crippen MR) is 239 cm³/mol. The summed E-state index contributed by atoms with van der Waals surface area (Å²) in [5, 5.41) is 2.32. The summed E-state index contributed by atoms with van der Waals surface area (Å²) in [5.74, 6) is 1.87. The third-order valence-electron chi connectivity index (χ3n) is 11.7. The number of aryl methyl sites for hydroxylation is 1. The Labute approximate surface area is 341 Å². The van der Waals surface area contributed by atoms with E-state index in [1.807, 2.05) is 60.0 Å². The van der Waals surface area contributed by atoms with Crippen LogP contribution in [0.25, 0.3) is 93.8 Å². The molecular weight excluding hydrogens is 727 g/mol. The highest BCUT2D eigenvalue weighted by atomic mass is 32.1. The largest absolute Gasteiger partial charge is 0.278 e. The van der Waals surface area contributed by atoms with Crippen molar-refractivity contribution in [2.75, 3.05) is 0 Å². The second-order valence-corrected chi connectivity index (χ2v) is 16.7. The number of thiophene rings is 1. The van der Waals surface area contributed by atoms with Gasteiger partial charge >= 0.3 is 0 Å². The van der Waals surface area contributed by atoms with Crippen LogP contribution in [0.3, 0.4) is 0 Å². The standard InChI is InChI=1S/C52H37N5S/c1-32-14-13-27-53-48(32)37-20-12-19-35(28-37)46-25-26-47(58-46)36-23-24-44-40(29-36)41-30-39-38-21-10-11-22-42(38)52(2,3)43(39)31-45(41)57(44)51-55-49(33-15-6-4-7-16-33)54-50(56-51)34-17-8-5-9-18-34/h4-31H,1-3H3. The molecule has 0 saturated heterocycles. The molecule has 1 aliphatic rings. The van der Waals surface area contributed by atoms with Crippen molar-refractivity contribution in [2.45, 2.75) is 26.2 Å². The Morgan fingerprint density at radius 2 is 1.12 bits per heavy atom. The van der Waals surface area contributed by atoms with Gasteiger partial charge in [-0.1, -0.05) is 129 Å². The van der Waals surface area contributed by atoms with Crippen LogP contribution in [0, 0.1) is 6.92 Å². The number of pyridine rings is 1. The second kappa shape index (κ2) is 13.3. The van der Waals surface area contributed by atoms with Crippen LogP contribution in [0.5, 0.6) is 0 Å². The number of nitrogens with zero attached hydrogens (tertiary/aromatic N) is 5.